The predicted molar refractivity (Wildman–Crippen MR) is 83.1 cm³/mol. The Morgan fingerprint density at radius 3 is 2.23 bits per heavy atom. The minimum absolute atomic E-state index is 0.0188. The minimum atomic E-state index is -4.16. The van der Waals surface area contributed by atoms with Gasteiger partial charge in [-0.1, -0.05) is 32.9 Å². The van der Waals surface area contributed by atoms with E-state index in [1.807, 2.05) is 0 Å². The summed E-state index contributed by atoms with van der Waals surface area (Å²) in [5.74, 6) is 0.768. The number of rotatable bonds is 3. The van der Waals surface area contributed by atoms with E-state index in [1.165, 1.54) is 12.1 Å². The van der Waals surface area contributed by atoms with Gasteiger partial charge in [0.05, 0.1) is 4.90 Å². The molecule has 2 saturated carbocycles. The molecule has 1 N–H and O–H groups in total. The van der Waals surface area contributed by atoms with Crippen molar-refractivity contribution in [1.29, 1.82) is 0 Å². The van der Waals surface area contributed by atoms with E-state index in [2.05, 4.69) is 20.8 Å². The molecule has 2 fully saturated rings. The topological polar surface area (TPSA) is 71.4 Å². The highest BCUT2D eigenvalue weighted by Crippen LogP contribution is 2.66. The molecule has 3 atom stereocenters. The molecule has 5 heteroatoms. The second-order valence-electron chi connectivity index (χ2n) is 7.49. The van der Waals surface area contributed by atoms with Crippen molar-refractivity contribution in [2.45, 2.75) is 44.9 Å². The summed E-state index contributed by atoms with van der Waals surface area (Å²) in [5.41, 5.74) is 0.748. The second kappa shape index (κ2) is 4.65. The van der Waals surface area contributed by atoms with Crippen LogP contribution in [0.25, 0.3) is 0 Å². The van der Waals surface area contributed by atoms with E-state index in [9.17, 15) is 13.2 Å². The first kappa shape index (κ1) is 15.7. The van der Waals surface area contributed by atoms with Gasteiger partial charge in [-0.3, -0.25) is 9.35 Å². The normalized spacial score (nSPS) is 33.4. The molecule has 1 aromatic rings. The van der Waals surface area contributed by atoms with Gasteiger partial charge in [0.2, 0.25) is 0 Å². The summed E-state index contributed by atoms with van der Waals surface area (Å²) in [6, 6.07) is 6.18. The van der Waals surface area contributed by atoms with Gasteiger partial charge in [-0.15, -0.1) is 0 Å². The first-order valence-corrected chi connectivity index (χ1v) is 9.12. The zero-order valence-corrected chi connectivity index (χ0v) is 14.0. The van der Waals surface area contributed by atoms with Crippen LogP contribution in [0.4, 0.5) is 0 Å². The maximum absolute atomic E-state index is 12.8. The lowest BCUT2D eigenvalue weighted by Crippen LogP contribution is -2.33. The smallest absolute Gasteiger partial charge is 0.294 e. The third-order valence-corrected chi connectivity index (χ3v) is 7.22. The van der Waals surface area contributed by atoms with E-state index in [4.69, 9.17) is 4.55 Å². The van der Waals surface area contributed by atoms with E-state index in [0.717, 1.165) is 18.4 Å². The lowest BCUT2D eigenvalue weighted by Gasteiger charge is -2.32. The molecular weight excluding hydrogens is 300 g/mol. The van der Waals surface area contributed by atoms with Gasteiger partial charge >= 0.3 is 0 Å². The van der Waals surface area contributed by atoms with Gasteiger partial charge in [0, 0.05) is 11.3 Å². The van der Waals surface area contributed by atoms with E-state index >= 15 is 0 Å². The van der Waals surface area contributed by atoms with Crippen molar-refractivity contribution in [2.24, 2.45) is 22.7 Å². The molecule has 2 aliphatic rings. The monoisotopic (exact) mass is 322 g/mol. The fourth-order valence-corrected chi connectivity index (χ4v) is 5.04. The Labute approximate surface area is 131 Å². The van der Waals surface area contributed by atoms with Crippen LogP contribution >= 0.6 is 0 Å². The third-order valence-electron chi connectivity index (χ3n) is 6.35. The van der Waals surface area contributed by atoms with Crippen LogP contribution < -0.4 is 0 Å². The van der Waals surface area contributed by atoms with E-state index < -0.39 is 10.1 Å². The highest BCUT2D eigenvalue weighted by Gasteiger charge is 2.65. The lowest BCUT2D eigenvalue weighted by molar-refractivity contribution is -0.131. The number of carbonyl (C=O) groups is 1. The number of carbonyl (C=O) groups excluding carboxylic acids is 1. The average molecular weight is 322 g/mol. The van der Waals surface area contributed by atoms with Crippen molar-refractivity contribution in [3.05, 3.63) is 29.8 Å². The number of Topliss-reactive ketones (excluding diaryl/α,β-unsaturated/α-hetero) is 1. The third kappa shape index (κ3) is 2.06. The van der Waals surface area contributed by atoms with E-state index in [-0.39, 0.29) is 21.6 Å². The number of benzene rings is 1. The molecule has 4 nitrogen and oxygen atoms in total. The zero-order chi connectivity index (χ0) is 16.3. The molecule has 0 radical (unpaired) electrons. The molecule has 0 saturated heterocycles. The minimum Gasteiger partial charge on any atom is -0.299 e. The number of hydrogen-bond donors (Lipinski definition) is 1. The molecule has 2 aliphatic carbocycles. The van der Waals surface area contributed by atoms with Gasteiger partial charge in [-0.2, -0.15) is 8.42 Å². The first-order chi connectivity index (χ1) is 10.1. The zero-order valence-electron chi connectivity index (χ0n) is 13.2. The van der Waals surface area contributed by atoms with Crippen LogP contribution in [0.1, 0.15) is 39.2 Å². The van der Waals surface area contributed by atoms with E-state index in [1.54, 1.807) is 12.1 Å². The van der Waals surface area contributed by atoms with Crippen molar-refractivity contribution in [3.8, 4) is 0 Å². The molecular formula is C17H22O4S. The summed E-state index contributed by atoms with van der Waals surface area (Å²) in [5, 5.41) is 0. The van der Waals surface area contributed by atoms with Crippen molar-refractivity contribution in [2.75, 3.05) is 0 Å². The summed E-state index contributed by atoms with van der Waals surface area (Å²) in [6.07, 6.45) is 2.71. The predicted octanol–water partition coefficient (Wildman–Crippen LogP) is 3.12. The molecule has 0 amide bonds. The Kier molecular flexibility index (Phi) is 3.31. The Bertz CT molecular complexity index is 718. The van der Waals surface area contributed by atoms with Crippen LogP contribution in [0.5, 0.6) is 0 Å². The van der Waals surface area contributed by atoms with E-state index in [0.29, 0.717) is 18.1 Å². The molecule has 2 bridgehead atoms. The number of hydrogen-bond acceptors (Lipinski definition) is 3. The van der Waals surface area contributed by atoms with Crippen LogP contribution in [0, 0.1) is 22.7 Å². The summed E-state index contributed by atoms with van der Waals surface area (Å²) >= 11 is 0. The van der Waals surface area contributed by atoms with Gasteiger partial charge in [-0.05, 0) is 48.3 Å². The van der Waals surface area contributed by atoms with Gasteiger partial charge in [0.25, 0.3) is 10.1 Å². The largest absolute Gasteiger partial charge is 0.299 e. The van der Waals surface area contributed by atoms with Gasteiger partial charge in [0.15, 0.2) is 0 Å². The molecule has 3 rings (SSSR count). The molecule has 120 valence electrons. The summed E-state index contributed by atoms with van der Waals surface area (Å²) < 4.78 is 31.2. The Morgan fingerprint density at radius 2 is 1.77 bits per heavy atom. The summed E-state index contributed by atoms with van der Waals surface area (Å²) in [7, 11) is -4.16. The van der Waals surface area contributed by atoms with Crippen LogP contribution in [-0.4, -0.2) is 18.8 Å². The average Bonchev–Trinajstić information content (AvgIpc) is 2.73. The van der Waals surface area contributed by atoms with Gasteiger partial charge in [-0.25, -0.2) is 0 Å². The van der Waals surface area contributed by atoms with Crippen molar-refractivity contribution >= 4 is 15.9 Å². The van der Waals surface area contributed by atoms with Crippen molar-refractivity contribution in [1.82, 2.24) is 0 Å². The highest BCUT2D eigenvalue weighted by molar-refractivity contribution is 7.85. The number of fused-ring (bicyclic) bond motifs is 2. The fraction of sp³-hybridized carbons (Fsp3) is 0.588. The second-order valence-corrected chi connectivity index (χ2v) is 8.91. The first-order valence-electron chi connectivity index (χ1n) is 7.68. The Hall–Kier alpha value is -1.20. The van der Waals surface area contributed by atoms with Crippen LogP contribution in [0.3, 0.4) is 0 Å². The van der Waals surface area contributed by atoms with Gasteiger partial charge < -0.3 is 0 Å². The highest BCUT2D eigenvalue weighted by atomic mass is 32.2. The summed E-state index contributed by atoms with van der Waals surface area (Å²) in [6.45, 7) is 6.49. The molecule has 1 aromatic carbocycles. The van der Waals surface area contributed by atoms with Crippen LogP contribution in [0.15, 0.2) is 29.2 Å². The molecule has 0 spiro atoms. The van der Waals surface area contributed by atoms with Crippen molar-refractivity contribution < 1.29 is 17.8 Å². The lowest BCUT2D eigenvalue weighted by atomic mass is 9.70. The molecule has 22 heavy (non-hydrogen) atoms. The Morgan fingerprint density at radius 1 is 1.18 bits per heavy atom. The Balaban J connectivity index is 1.85. The standard InChI is InChI=1S/C17H22O4S/c1-16(2)14-8-9-17(16,3)15(18)13(14)10-11-4-6-12(7-5-11)22(19,20)21/h4-7,13-14H,8-10H2,1-3H3,(H,19,20,21). The fourth-order valence-electron chi connectivity index (χ4n) is 4.56. The maximum Gasteiger partial charge on any atom is 0.294 e. The molecule has 0 aromatic heterocycles. The number of ketones is 1. The van der Waals surface area contributed by atoms with Gasteiger partial charge in [0.1, 0.15) is 5.78 Å². The van der Waals surface area contributed by atoms with Crippen LogP contribution in [0.2, 0.25) is 0 Å². The van der Waals surface area contributed by atoms with Crippen LogP contribution in [-0.2, 0) is 21.3 Å². The summed E-state index contributed by atoms with van der Waals surface area (Å²) in [4.78, 5) is 12.7. The molecule has 3 unspecified atom stereocenters. The molecule has 0 aliphatic heterocycles. The SMILES string of the molecule is CC12CCC(C(Cc3ccc(S(=O)(=O)O)cc3)C1=O)C2(C)C. The van der Waals surface area contributed by atoms with Crippen molar-refractivity contribution in [3.63, 3.8) is 0 Å². The molecule has 0 heterocycles. The maximum atomic E-state index is 12.8. The quantitative estimate of drug-likeness (QED) is 0.868.